The molecule has 7 heteroatoms. The van der Waals surface area contributed by atoms with Crippen LogP contribution in [0.15, 0.2) is 48.5 Å². The third-order valence-electron chi connectivity index (χ3n) is 4.61. The minimum Gasteiger partial charge on any atom is -0.489 e. The number of aliphatic carboxylic acids is 1. The summed E-state index contributed by atoms with van der Waals surface area (Å²) in [7, 11) is 0. The molecular weight excluding hydrogens is 359 g/mol. The van der Waals surface area contributed by atoms with Gasteiger partial charge in [0.1, 0.15) is 12.4 Å². The topological polar surface area (TPSA) is 49.8 Å². The van der Waals surface area contributed by atoms with Crippen LogP contribution in [-0.2, 0) is 24.1 Å². The van der Waals surface area contributed by atoms with E-state index in [9.17, 15) is 18.0 Å². The van der Waals surface area contributed by atoms with Crippen LogP contribution in [0.5, 0.6) is 5.75 Å². The van der Waals surface area contributed by atoms with Gasteiger partial charge in [0.2, 0.25) is 0 Å². The van der Waals surface area contributed by atoms with E-state index < -0.39 is 17.7 Å². The third-order valence-corrected chi connectivity index (χ3v) is 4.61. The molecule has 1 aliphatic heterocycles. The van der Waals surface area contributed by atoms with Crippen LogP contribution in [0.25, 0.3) is 0 Å². The van der Waals surface area contributed by atoms with Crippen molar-refractivity contribution < 1.29 is 27.8 Å². The number of nitrogens with zero attached hydrogens (tertiary/aromatic N) is 1. The average Bonchev–Trinajstić information content (AvgIpc) is 3.10. The number of benzene rings is 2. The highest BCUT2D eigenvalue weighted by Gasteiger charge is 2.30. The standard InChI is InChI=1S/C20H20F3NO3/c21-20(22,23)17-3-1-2-15(10-17)13-27-18-6-4-14(5-7-18)11-24-9-8-16(12-24)19(25)26/h1-7,10,16H,8-9,11-13H2,(H,25,26)/t16-/m1/s1. The normalized spacial score (nSPS) is 17.8. The van der Waals surface area contributed by atoms with Gasteiger partial charge in [-0.15, -0.1) is 0 Å². The Kier molecular flexibility index (Phi) is 5.70. The van der Waals surface area contributed by atoms with E-state index in [4.69, 9.17) is 9.84 Å². The predicted octanol–water partition coefficient (Wildman–Crippen LogP) is 4.19. The van der Waals surface area contributed by atoms with Crippen molar-refractivity contribution in [2.75, 3.05) is 13.1 Å². The molecule has 0 unspecified atom stereocenters. The molecule has 2 aromatic carbocycles. The Hall–Kier alpha value is -2.54. The van der Waals surface area contributed by atoms with E-state index in [2.05, 4.69) is 4.90 Å². The summed E-state index contributed by atoms with van der Waals surface area (Å²) < 4.78 is 43.8. The third kappa shape index (κ3) is 5.23. The van der Waals surface area contributed by atoms with Crippen molar-refractivity contribution in [1.82, 2.24) is 4.90 Å². The molecule has 0 amide bonds. The van der Waals surface area contributed by atoms with Crippen LogP contribution < -0.4 is 4.74 Å². The SMILES string of the molecule is O=C(O)[C@@H]1CCN(Cc2ccc(OCc3cccc(C(F)(F)F)c3)cc2)C1. The number of carbonyl (C=O) groups is 1. The molecule has 27 heavy (non-hydrogen) atoms. The van der Waals surface area contributed by atoms with Crippen LogP contribution >= 0.6 is 0 Å². The number of alkyl halides is 3. The van der Waals surface area contributed by atoms with Gasteiger partial charge in [0, 0.05) is 13.1 Å². The van der Waals surface area contributed by atoms with Gasteiger partial charge < -0.3 is 9.84 Å². The first-order valence-corrected chi connectivity index (χ1v) is 8.64. The molecule has 0 radical (unpaired) electrons. The Morgan fingerprint density at radius 2 is 1.89 bits per heavy atom. The van der Waals surface area contributed by atoms with Gasteiger partial charge in [0.25, 0.3) is 0 Å². The molecule has 1 N–H and O–H groups in total. The highest BCUT2D eigenvalue weighted by Crippen LogP contribution is 2.29. The first-order valence-electron chi connectivity index (χ1n) is 8.64. The summed E-state index contributed by atoms with van der Waals surface area (Å²) in [4.78, 5) is 13.1. The van der Waals surface area contributed by atoms with Gasteiger partial charge in [-0.05, 0) is 48.4 Å². The second kappa shape index (κ2) is 8.00. The van der Waals surface area contributed by atoms with Gasteiger partial charge in [-0.3, -0.25) is 9.69 Å². The second-order valence-electron chi connectivity index (χ2n) is 6.69. The molecule has 0 aliphatic carbocycles. The van der Waals surface area contributed by atoms with Crippen LogP contribution in [0.1, 0.15) is 23.1 Å². The van der Waals surface area contributed by atoms with Crippen LogP contribution in [0.2, 0.25) is 0 Å². The fourth-order valence-electron chi connectivity index (χ4n) is 3.13. The molecule has 1 atom stereocenters. The predicted molar refractivity (Wildman–Crippen MR) is 93.2 cm³/mol. The number of halogens is 3. The summed E-state index contributed by atoms with van der Waals surface area (Å²) in [6.45, 7) is 2.02. The fraction of sp³-hybridized carbons (Fsp3) is 0.350. The Morgan fingerprint density at radius 1 is 1.15 bits per heavy atom. The van der Waals surface area contributed by atoms with Gasteiger partial charge in [0.15, 0.2) is 0 Å². The second-order valence-corrected chi connectivity index (χ2v) is 6.69. The molecule has 0 aromatic heterocycles. The van der Waals surface area contributed by atoms with Crippen molar-refractivity contribution in [1.29, 1.82) is 0 Å². The van der Waals surface area contributed by atoms with Crippen molar-refractivity contribution in [3.63, 3.8) is 0 Å². The zero-order valence-corrected chi connectivity index (χ0v) is 14.6. The van der Waals surface area contributed by atoms with Gasteiger partial charge in [-0.1, -0.05) is 24.3 Å². The van der Waals surface area contributed by atoms with Gasteiger partial charge in [-0.2, -0.15) is 13.2 Å². The molecule has 1 saturated heterocycles. The lowest BCUT2D eigenvalue weighted by Crippen LogP contribution is -2.22. The zero-order valence-electron chi connectivity index (χ0n) is 14.6. The molecule has 1 heterocycles. The fourth-order valence-corrected chi connectivity index (χ4v) is 3.13. The maximum Gasteiger partial charge on any atom is 0.416 e. The minimum absolute atomic E-state index is 0.0513. The van der Waals surface area contributed by atoms with Crippen molar-refractivity contribution in [2.24, 2.45) is 5.92 Å². The Labute approximate surface area is 155 Å². The first-order chi connectivity index (χ1) is 12.8. The lowest BCUT2D eigenvalue weighted by atomic mass is 10.1. The largest absolute Gasteiger partial charge is 0.489 e. The molecule has 3 rings (SSSR count). The lowest BCUT2D eigenvalue weighted by molar-refractivity contribution is -0.141. The Morgan fingerprint density at radius 3 is 2.52 bits per heavy atom. The smallest absolute Gasteiger partial charge is 0.416 e. The summed E-state index contributed by atoms with van der Waals surface area (Å²) in [6.07, 6.45) is -3.71. The Balaban J connectivity index is 1.53. The molecule has 0 spiro atoms. The minimum atomic E-state index is -4.37. The van der Waals surface area contributed by atoms with E-state index >= 15 is 0 Å². The summed E-state index contributed by atoms with van der Waals surface area (Å²) in [5, 5.41) is 9.04. The molecule has 1 fully saturated rings. The first kappa shape index (κ1) is 19.2. The maximum atomic E-state index is 12.7. The summed E-state index contributed by atoms with van der Waals surface area (Å²) in [5.41, 5.74) is 0.794. The quantitative estimate of drug-likeness (QED) is 0.818. The number of carboxylic acid groups (broad SMARTS) is 1. The molecule has 4 nitrogen and oxygen atoms in total. The molecule has 2 aromatic rings. The van der Waals surface area contributed by atoms with E-state index in [1.807, 2.05) is 12.1 Å². The molecule has 1 aliphatic rings. The van der Waals surface area contributed by atoms with E-state index in [0.717, 1.165) is 24.2 Å². The van der Waals surface area contributed by atoms with Gasteiger partial charge >= 0.3 is 12.1 Å². The van der Waals surface area contributed by atoms with Crippen LogP contribution in [0.4, 0.5) is 13.2 Å². The monoisotopic (exact) mass is 379 g/mol. The molecular formula is C20H20F3NO3. The lowest BCUT2D eigenvalue weighted by Gasteiger charge is -2.15. The van der Waals surface area contributed by atoms with Gasteiger partial charge in [-0.25, -0.2) is 0 Å². The van der Waals surface area contributed by atoms with Crippen molar-refractivity contribution in [2.45, 2.75) is 25.7 Å². The van der Waals surface area contributed by atoms with Crippen LogP contribution in [0, 0.1) is 5.92 Å². The van der Waals surface area contributed by atoms with Gasteiger partial charge in [0.05, 0.1) is 11.5 Å². The zero-order chi connectivity index (χ0) is 19.4. The van der Waals surface area contributed by atoms with Crippen molar-refractivity contribution in [3.05, 3.63) is 65.2 Å². The summed E-state index contributed by atoms with van der Waals surface area (Å²) in [6, 6.07) is 12.4. The van der Waals surface area contributed by atoms with E-state index in [-0.39, 0.29) is 12.5 Å². The van der Waals surface area contributed by atoms with Crippen LogP contribution in [0.3, 0.4) is 0 Å². The number of ether oxygens (including phenoxy) is 1. The molecule has 0 saturated carbocycles. The summed E-state index contributed by atoms with van der Waals surface area (Å²) in [5.74, 6) is -0.489. The van der Waals surface area contributed by atoms with E-state index in [1.165, 1.54) is 6.07 Å². The van der Waals surface area contributed by atoms with Crippen molar-refractivity contribution >= 4 is 5.97 Å². The molecule has 144 valence electrons. The number of hydrogen-bond donors (Lipinski definition) is 1. The summed E-state index contributed by atoms with van der Waals surface area (Å²) >= 11 is 0. The highest BCUT2D eigenvalue weighted by molar-refractivity contribution is 5.70. The highest BCUT2D eigenvalue weighted by atomic mass is 19.4. The van der Waals surface area contributed by atoms with Crippen molar-refractivity contribution in [3.8, 4) is 5.75 Å². The average molecular weight is 379 g/mol. The number of likely N-dealkylation sites (tertiary alicyclic amines) is 1. The Bertz CT molecular complexity index is 790. The van der Waals surface area contributed by atoms with Crippen LogP contribution in [-0.4, -0.2) is 29.1 Å². The number of hydrogen-bond acceptors (Lipinski definition) is 3. The maximum absolute atomic E-state index is 12.7. The number of carboxylic acids is 1. The van der Waals surface area contributed by atoms with E-state index in [1.54, 1.807) is 18.2 Å². The van der Waals surface area contributed by atoms with E-state index in [0.29, 0.717) is 30.8 Å². The molecule has 0 bridgehead atoms. The number of rotatable bonds is 6.